The Hall–Kier alpha value is -1.01. The summed E-state index contributed by atoms with van der Waals surface area (Å²) in [6.07, 6.45) is 0.112. The number of amides is 1. The molecule has 0 spiro atoms. The van der Waals surface area contributed by atoms with Crippen LogP contribution >= 0.6 is 15.9 Å². The van der Waals surface area contributed by atoms with E-state index in [2.05, 4.69) is 21.2 Å². The van der Waals surface area contributed by atoms with Crippen molar-refractivity contribution in [3.63, 3.8) is 0 Å². The van der Waals surface area contributed by atoms with Crippen LogP contribution in [0.15, 0.2) is 16.6 Å². The third kappa shape index (κ3) is 4.87. The van der Waals surface area contributed by atoms with Gasteiger partial charge in [0.15, 0.2) is 11.6 Å². The van der Waals surface area contributed by atoms with Crippen LogP contribution in [-0.2, 0) is 0 Å². The lowest BCUT2D eigenvalue weighted by atomic mass is 10.0. The molecule has 2 N–H and O–H groups in total. The first kappa shape index (κ1) is 16.0. The molecule has 6 heteroatoms. The van der Waals surface area contributed by atoms with Gasteiger partial charge in [-0.2, -0.15) is 0 Å². The molecular weight excluding hydrogens is 320 g/mol. The van der Waals surface area contributed by atoms with Crippen molar-refractivity contribution >= 4 is 21.8 Å². The minimum Gasteiger partial charge on any atom is -0.393 e. The molecule has 1 amide bonds. The Labute approximate surface area is 119 Å². The Kier molecular flexibility index (Phi) is 5.87. The van der Waals surface area contributed by atoms with Crippen LogP contribution in [0.2, 0.25) is 0 Å². The van der Waals surface area contributed by atoms with Crippen molar-refractivity contribution in [1.29, 1.82) is 0 Å². The summed E-state index contributed by atoms with van der Waals surface area (Å²) in [4.78, 5) is 11.8. The Bertz CT molecular complexity index is 466. The van der Waals surface area contributed by atoms with E-state index in [1.165, 1.54) is 0 Å². The molecule has 0 fully saturated rings. The van der Waals surface area contributed by atoms with Gasteiger partial charge in [0, 0.05) is 11.0 Å². The summed E-state index contributed by atoms with van der Waals surface area (Å²) in [5.41, 5.74) is 0.0446. The summed E-state index contributed by atoms with van der Waals surface area (Å²) in [6.45, 7) is 3.91. The molecule has 0 aliphatic heterocycles. The highest BCUT2D eigenvalue weighted by atomic mass is 79.9. The minimum absolute atomic E-state index is 0.0446. The third-order valence-electron chi connectivity index (χ3n) is 2.61. The van der Waals surface area contributed by atoms with Gasteiger partial charge in [0.1, 0.15) is 0 Å². The normalized spacial score (nSPS) is 14.0. The van der Waals surface area contributed by atoms with Gasteiger partial charge in [0.25, 0.3) is 5.91 Å². The molecule has 0 bridgehead atoms. The molecule has 1 rings (SSSR count). The molecule has 0 aromatic heterocycles. The van der Waals surface area contributed by atoms with Crippen LogP contribution in [0.5, 0.6) is 0 Å². The maximum atomic E-state index is 13.1. The molecule has 1 aromatic carbocycles. The van der Waals surface area contributed by atoms with Crippen molar-refractivity contribution in [2.24, 2.45) is 5.92 Å². The zero-order valence-electron chi connectivity index (χ0n) is 10.7. The van der Waals surface area contributed by atoms with Crippen LogP contribution in [0.4, 0.5) is 8.78 Å². The molecule has 0 aliphatic rings. The fourth-order valence-corrected chi connectivity index (χ4v) is 2.22. The number of benzene rings is 1. The highest BCUT2D eigenvalue weighted by molar-refractivity contribution is 9.10. The van der Waals surface area contributed by atoms with Gasteiger partial charge in [-0.25, -0.2) is 8.78 Å². The quantitative estimate of drug-likeness (QED) is 0.813. The highest BCUT2D eigenvalue weighted by Crippen LogP contribution is 2.20. The number of hydrogen-bond donors (Lipinski definition) is 2. The van der Waals surface area contributed by atoms with E-state index >= 15 is 0 Å². The van der Waals surface area contributed by atoms with Crippen LogP contribution in [-0.4, -0.2) is 23.7 Å². The van der Waals surface area contributed by atoms with E-state index in [0.29, 0.717) is 13.0 Å². The second kappa shape index (κ2) is 6.96. The van der Waals surface area contributed by atoms with E-state index < -0.39 is 23.6 Å². The summed E-state index contributed by atoms with van der Waals surface area (Å²) in [7, 11) is 0. The average Bonchev–Trinajstić information content (AvgIpc) is 2.30. The number of rotatable bonds is 5. The van der Waals surface area contributed by atoms with Crippen LogP contribution in [0, 0.1) is 17.6 Å². The second-order valence-electron chi connectivity index (χ2n) is 4.65. The number of hydrogen-bond acceptors (Lipinski definition) is 2. The minimum atomic E-state index is -1.06. The fraction of sp³-hybridized carbons (Fsp3) is 0.462. The molecule has 0 saturated carbocycles. The topological polar surface area (TPSA) is 49.3 Å². The predicted octanol–water partition coefficient (Wildman–Crippen LogP) is 2.86. The number of nitrogens with one attached hydrogen (secondary N) is 1. The van der Waals surface area contributed by atoms with E-state index in [0.717, 1.165) is 12.1 Å². The fourth-order valence-electron chi connectivity index (χ4n) is 1.72. The largest absolute Gasteiger partial charge is 0.393 e. The highest BCUT2D eigenvalue weighted by Gasteiger charge is 2.15. The van der Waals surface area contributed by atoms with Crippen molar-refractivity contribution in [3.8, 4) is 0 Å². The lowest BCUT2D eigenvalue weighted by Gasteiger charge is -2.14. The number of aliphatic hydroxyl groups excluding tert-OH is 1. The lowest BCUT2D eigenvalue weighted by Crippen LogP contribution is -2.29. The van der Waals surface area contributed by atoms with Crippen molar-refractivity contribution in [3.05, 3.63) is 33.8 Å². The van der Waals surface area contributed by atoms with Crippen LogP contribution in [0.1, 0.15) is 30.6 Å². The van der Waals surface area contributed by atoms with Crippen molar-refractivity contribution < 1.29 is 18.7 Å². The van der Waals surface area contributed by atoms with Crippen molar-refractivity contribution in [2.75, 3.05) is 6.54 Å². The predicted molar refractivity (Wildman–Crippen MR) is 71.9 cm³/mol. The van der Waals surface area contributed by atoms with E-state index in [9.17, 15) is 18.7 Å². The molecule has 3 nitrogen and oxygen atoms in total. The van der Waals surface area contributed by atoms with Gasteiger partial charge in [-0.3, -0.25) is 4.79 Å². The molecule has 0 heterocycles. The maximum absolute atomic E-state index is 13.1. The molecule has 106 valence electrons. The molecule has 0 aliphatic carbocycles. The van der Waals surface area contributed by atoms with E-state index in [-0.39, 0.29) is 16.0 Å². The van der Waals surface area contributed by atoms with Crippen LogP contribution < -0.4 is 5.32 Å². The molecule has 0 saturated heterocycles. The van der Waals surface area contributed by atoms with Gasteiger partial charge in [0.2, 0.25) is 0 Å². The summed E-state index contributed by atoms with van der Waals surface area (Å²) >= 11 is 3.02. The summed E-state index contributed by atoms with van der Waals surface area (Å²) in [5, 5.41) is 11.8. The standard InChI is InChI=1S/C13H16BrF2NO2/c1-7(3-8(2)18)6-17-13(19)9-4-11(15)12(16)5-10(9)14/h4-5,7-8,18H,3,6H2,1-2H3,(H,17,19). The third-order valence-corrected chi connectivity index (χ3v) is 3.27. The van der Waals surface area contributed by atoms with E-state index in [1.54, 1.807) is 6.92 Å². The van der Waals surface area contributed by atoms with Gasteiger partial charge >= 0.3 is 0 Å². The monoisotopic (exact) mass is 335 g/mol. The first-order chi connectivity index (χ1) is 8.81. The molecule has 19 heavy (non-hydrogen) atoms. The zero-order chi connectivity index (χ0) is 14.6. The Morgan fingerprint density at radius 1 is 1.37 bits per heavy atom. The summed E-state index contributed by atoms with van der Waals surface area (Å²) in [6, 6.07) is 1.78. The first-order valence-electron chi connectivity index (χ1n) is 5.92. The van der Waals surface area contributed by atoms with Crippen LogP contribution in [0.3, 0.4) is 0 Å². The Morgan fingerprint density at radius 3 is 2.53 bits per heavy atom. The van der Waals surface area contributed by atoms with E-state index in [1.807, 2.05) is 6.92 Å². The van der Waals surface area contributed by atoms with Gasteiger partial charge < -0.3 is 10.4 Å². The SMILES string of the molecule is CC(O)CC(C)CNC(=O)c1cc(F)c(F)cc1Br. The van der Waals surface area contributed by atoms with Gasteiger partial charge in [-0.05, 0) is 47.3 Å². The Morgan fingerprint density at radius 2 is 1.95 bits per heavy atom. The zero-order valence-corrected chi connectivity index (χ0v) is 12.3. The smallest absolute Gasteiger partial charge is 0.252 e. The van der Waals surface area contributed by atoms with Gasteiger partial charge in [-0.15, -0.1) is 0 Å². The number of aliphatic hydroxyl groups is 1. The summed E-state index contributed by atoms with van der Waals surface area (Å²) in [5.74, 6) is -2.47. The van der Waals surface area contributed by atoms with Crippen molar-refractivity contribution in [2.45, 2.75) is 26.4 Å². The molecule has 2 atom stereocenters. The van der Waals surface area contributed by atoms with E-state index in [4.69, 9.17) is 0 Å². The van der Waals surface area contributed by atoms with Gasteiger partial charge in [0.05, 0.1) is 11.7 Å². The second-order valence-corrected chi connectivity index (χ2v) is 5.50. The molecule has 1 aromatic rings. The first-order valence-corrected chi connectivity index (χ1v) is 6.71. The Balaban J connectivity index is 2.66. The lowest BCUT2D eigenvalue weighted by molar-refractivity contribution is 0.0938. The summed E-state index contributed by atoms with van der Waals surface area (Å²) < 4.78 is 26.2. The number of carbonyl (C=O) groups excluding carboxylic acids is 1. The number of carbonyl (C=O) groups is 1. The van der Waals surface area contributed by atoms with Crippen LogP contribution in [0.25, 0.3) is 0 Å². The molecule has 2 unspecified atom stereocenters. The molecular formula is C13H16BrF2NO2. The molecule has 0 radical (unpaired) electrons. The van der Waals surface area contributed by atoms with Crippen molar-refractivity contribution in [1.82, 2.24) is 5.32 Å². The van der Waals surface area contributed by atoms with Gasteiger partial charge in [-0.1, -0.05) is 6.92 Å². The maximum Gasteiger partial charge on any atom is 0.252 e. The average molecular weight is 336 g/mol. The number of halogens is 3.